The van der Waals surface area contributed by atoms with Gasteiger partial charge in [-0.2, -0.15) is 0 Å². The lowest BCUT2D eigenvalue weighted by molar-refractivity contribution is 0.0697. The average Bonchev–Trinajstić information content (AvgIpc) is 2.47. The molecular weight excluding hydrogens is 276 g/mol. The van der Waals surface area contributed by atoms with Gasteiger partial charge in [0.15, 0.2) is 0 Å². The SMILES string of the molecule is O=C(O)c1ccc(Cl)c(-c2cccc3c2OCCC3)c1. The highest BCUT2D eigenvalue weighted by molar-refractivity contribution is 6.33. The van der Waals surface area contributed by atoms with Gasteiger partial charge in [0.25, 0.3) is 0 Å². The van der Waals surface area contributed by atoms with E-state index >= 15 is 0 Å². The Balaban J connectivity index is 2.18. The largest absolute Gasteiger partial charge is 0.493 e. The van der Waals surface area contributed by atoms with Gasteiger partial charge in [-0.25, -0.2) is 4.79 Å². The van der Waals surface area contributed by atoms with Crippen LogP contribution >= 0.6 is 11.6 Å². The summed E-state index contributed by atoms with van der Waals surface area (Å²) in [6.07, 6.45) is 1.97. The van der Waals surface area contributed by atoms with Crippen molar-refractivity contribution in [1.29, 1.82) is 0 Å². The summed E-state index contributed by atoms with van der Waals surface area (Å²) in [5, 5.41) is 9.64. The highest BCUT2D eigenvalue weighted by Crippen LogP contribution is 2.39. The number of carboxylic acids is 1. The van der Waals surface area contributed by atoms with Gasteiger partial charge in [-0.05, 0) is 36.6 Å². The second-order valence-corrected chi connectivity index (χ2v) is 5.15. The van der Waals surface area contributed by atoms with Crippen LogP contribution < -0.4 is 4.74 Å². The van der Waals surface area contributed by atoms with E-state index in [-0.39, 0.29) is 5.56 Å². The first kappa shape index (κ1) is 13.0. The van der Waals surface area contributed by atoms with Crippen molar-refractivity contribution in [2.24, 2.45) is 0 Å². The fraction of sp³-hybridized carbons (Fsp3) is 0.188. The van der Waals surface area contributed by atoms with E-state index in [0.29, 0.717) is 17.2 Å². The summed E-state index contributed by atoms with van der Waals surface area (Å²) >= 11 is 6.23. The van der Waals surface area contributed by atoms with Crippen LogP contribution in [0.15, 0.2) is 36.4 Å². The lowest BCUT2D eigenvalue weighted by atomic mass is 9.96. The van der Waals surface area contributed by atoms with Gasteiger partial charge in [0.1, 0.15) is 5.75 Å². The Bertz CT molecular complexity index is 679. The molecule has 0 fully saturated rings. The second-order valence-electron chi connectivity index (χ2n) is 4.75. The summed E-state index contributed by atoms with van der Waals surface area (Å²) in [4.78, 5) is 11.1. The molecule has 1 aliphatic rings. The number of hydrogen-bond acceptors (Lipinski definition) is 2. The van der Waals surface area contributed by atoms with Crippen molar-refractivity contribution in [3.05, 3.63) is 52.5 Å². The molecule has 2 aromatic rings. The third-order valence-electron chi connectivity index (χ3n) is 3.44. The Morgan fingerprint density at radius 3 is 2.85 bits per heavy atom. The molecule has 3 rings (SSSR count). The monoisotopic (exact) mass is 288 g/mol. The van der Waals surface area contributed by atoms with Gasteiger partial charge in [-0.15, -0.1) is 0 Å². The average molecular weight is 289 g/mol. The first-order chi connectivity index (χ1) is 9.66. The number of aryl methyl sites for hydroxylation is 1. The molecule has 1 heterocycles. The predicted octanol–water partition coefficient (Wildman–Crippen LogP) is 4.03. The number of carbonyl (C=O) groups is 1. The number of para-hydroxylation sites is 1. The number of ether oxygens (including phenoxy) is 1. The summed E-state index contributed by atoms with van der Waals surface area (Å²) in [6.45, 7) is 0.681. The number of rotatable bonds is 2. The van der Waals surface area contributed by atoms with Gasteiger partial charge in [0.2, 0.25) is 0 Å². The molecule has 3 nitrogen and oxygen atoms in total. The molecule has 1 N–H and O–H groups in total. The normalized spacial score (nSPS) is 13.4. The smallest absolute Gasteiger partial charge is 0.335 e. The third-order valence-corrected chi connectivity index (χ3v) is 3.77. The van der Waals surface area contributed by atoms with Gasteiger partial charge in [0, 0.05) is 16.1 Å². The number of halogens is 1. The zero-order valence-electron chi connectivity index (χ0n) is 10.7. The molecule has 0 bridgehead atoms. The number of benzene rings is 2. The van der Waals surface area contributed by atoms with Crippen LogP contribution in [-0.4, -0.2) is 17.7 Å². The van der Waals surface area contributed by atoms with E-state index in [4.69, 9.17) is 21.4 Å². The van der Waals surface area contributed by atoms with E-state index in [0.717, 1.165) is 29.7 Å². The summed E-state index contributed by atoms with van der Waals surface area (Å²) in [7, 11) is 0. The quantitative estimate of drug-likeness (QED) is 0.907. The lowest BCUT2D eigenvalue weighted by Crippen LogP contribution is -2.09. The number of carboxylic acid groups (broad SMARTS) is 1. The summed E-state index contributed by atoms with van der Waals surface area (Å²) < 4.78 is 5.76. The first-order valence-corrected chi connectivity index (χ1v) is 6.82. The third kappa shape index (κ3) is 2.25. The van der Waals surface area contributed by atoms with Crippen molar-refractivity contribution in [2.45, 2.75) is 12.8 Å². The molecule has 0 saturated carbocycles. The molecule has 0 saturated heterocycles. The zero-order valence-corrected chi connectivity index (χ0v) is 11.5. The fourth-order valence-electron chi connectivity index (χ4n) is 2.47. The summed E-state index contributed by atoms with van der Waals surface area (Å²) in [5.74, 6) is -0.142. The van der Waals surface area contributed by atoms with Crippen LogP contribution in [0.2, 0.25) is 5.02 Å². The Morgan fingerprint density at radius 2 is 2.05 bits per heavy atom. The maximum Gasteiger partial charge on any atom is 0.335 e. The van der Waals surface area contributed by atoms with Crippen LogP contribution in [0.5, 0.6) is 5.75 Å². The van der Waals surface area contributed by atoms with Gasteiger partial charge in [-0.1, -0.05) is 29.8 Å². The molecular formula is C16H13ClO3. The van der Waals surface area contributed by atoms with Gasteiger partial charge < -0.3 is 9.84 Å². The van der Waals surface area contributed by atoms with Crippen LogP contribution in [0.1, 0.15) is 22.3 Å². The fourth-order valence-corrected chi connectivity index (χ4v) is 2.69. The molecule has 20 heavy (non-hydrogen) atoms. The van der Waals surface area contributed by atoms with Crippen molar-refractivity contribution >= 4 is 17.6 Å². The molecule has 102 valence electrons. The highest BCUT2D eigenvalue weighted by Gasteiger charge is 2.18. The molecule has 0 aliphatic carbocycles. The highest BCUT2D eigenvalue weighted by atomic mass is 35.5. The van der Waals surface area contributed by atoms with Crippen molar-refractivity contribution < 1.29 is 14.6 Å². The molecule has 0 atom stereocenters. The van der Waals surface area contributed by atoms with E-state index in [1.165, 1.54) is 6.07 Å². The molecule has 2 aromatic carbocycles. The van der Waals surface area contributed by atoms with Gasteiger partial charge >= 0.3 is 5.97 Å². The number of hydrogen-bond donors (Lipinski definition) is 1. The van der Waals surface area contributed by atoms with Gasteiger partial charge in [-0.3, -0.25) is 0 Å². The topological polar surface area (TPSA) is 46.5 Å². The maximum atomic E-state index is 11.1. The standard InChI is InChI=1S/C16H13ClO3/c17-14-7-6-11(16(18)19)9-13(14)12-5-1-3-10-4-2-8-20-15(10)12/h1,3,5-7,9H,2,4,8H2,(H,18,19). The van der Waals surface area contributed by atoms with Crippen molar-refractivity contribution in [1.82, 2.24) is 0 Å². The second kappa shape index (κ2) is 5.17. The van der Waals surface area contributed by atoms with Crippen molar-refractivity contribution in [3.8, 4) is 16.9 Å². The Hall–Kier alpha value is -2.00. The van der Waals surface area contributed by atoms with E-state index in [1.807, 2.05) is 18.2 Å². The van der Waals surface area contributed by atoms with E-state index < -0.39 is 5.97 Å². The predicted molar refractivity (Wildman–Crippen MR) is 77.7 cm³/mol. The first-order valence-electron chi connectivity index (χ1n) is 6.45. The maximum absolute atomic E-state index is 11.1. The Labute approximate surface area is 121 Å². The number of fused-ring (bicyclic) bond motifs is 1. The van der Waals surface area contributed by atoms with Crippen LogP contribution in [0.3, 0.4) is 0 Å². The minimum atomic E-state index is -0.964. The molecule has 0 unspecified atom stereocenters. The summed E-state index contributed by atoms with van der Waals surface area (Å²) in [5.41, 5.74) is 2.92. The van der Waals surface area contributed by atoms with E-state index in [1.54, 1.807) is 12.1 Å². The summed E-state index contributed by atoms with van der Waals surface area (Å²) in [6, 6.07) is 10.6. The molecule has 0 spiro atoms. The zero-order chi connectivity index (χ0) is 14.1. The van der Waals surface area contributed by atoms with Crippen LogP contribution in [0, 0.1) is 0 Å². The Kier molecular flexibility index (Phi) is 3.36. The van der Waals surface area contributed by atoms with E-state index in [9.17, 15) is 4.79 Å². The van der Waals surface area contributed by atoms with Crippen LogP contribution in [0.25, 0.3) is 11.1 Å². The Morgan fingerprint density at radius 1 is 1.20 bits per heavy atom. The molecule has 0 radical (unpaired) electrons. The molecule has 0 aromatic heterocycles. The molecule has 1 aliphatic heterocycles. The minimum Gasteiger partial charge on any atom is -0.493 e. The molecule has 0 amide bonds. The van der Waals surface area contributed by atoms with E-state index in [2.05, 4.69) is 0 Å². The van der Waals surface area contributed by atoms with Gasteiger partial charge in [0.05, 0.1) is 12.2 Å². The van der Waals surface area contributed by atoms with Crippen molar-refractivity contribution in [3.63, 3.8) is 0 Å². The lowest BCUT2D eigenvalue weighted by Gasteiger charge is -2.21. The minimum absolute atomic E-state index is 0.220. The molecule has 4 heteroatoms. The van der Waals surface area contributed by atoms with Crippen LogP contribution in [-0.2, 0) is 6.42 Å². The van der Waals surface area contributed by atoms with Crippen molar-refractivity contribution in [2.75, 3.05) is 6.61 Å². The van der Waals surface area contributed by atoms with Crippen LogP contribution in [0.4, 0.5) is 0 Å². The number of aromatic carboxylic acids is 1.